The highest BCUT2D eigenvalue weighted by molar-refractivity contribution is 8.01. The fourth-order valence-electron chi connectivity index (χ4n) is 4.34. The lowest BCUT2D eigenvalue weighted by Gasteiger charge is -2.42. The molecule has 2 heterocycles. The Balaban J connectivity index is 1.66. The third kappa shape index (κ3) is 2.84. The molecule has 3 aromatic carbocycles. The number of para-hydroxylation sites is 1. The molecule has 5 heteroatoms. The number of anilines is 2. The Morgan fingerprint density at radius 1 is 0.900 bits per heavy atom. The average molecular weight is 415 g/mol. The maximum absolute atomic E-state index is 14.1. The van der Waals surface area contributed by atoms with E-state index >= 15 is 0 Å². The van der Waals surface area contributed by atoms with Crippen molar-refractivity contribution in [1.82, 2.24) is 0 Å². The van der Waals surface area contributed by atoms with Gasteiger partial charge in [-0.3, -0.25) is 14.5 Å². The van der Waals surface area contributed by atoms with Gasteiger partial charge >= 0.3 is 0 Å². The van der Waals surface area contributed by atoms with E-state index in [2.05, 4.69) is 0 Å². The second kappa shape index (κ2) is 7.33. The Bertz CT molecular complexity index is 1110. The lowest BCUT2D eigenvalue weighted by Crippen LogP contribution is -2.56. The van der Waals surface area contributed by atoms with Gasteiger partial charge in [0.2, 0.25) is 10.8 Å². The molecule has 0 N–H and O–H groups in total. The van der Waals surface area contributed by atoms with Gasteiger partial charge in [0.1, 0.15) is 0 Å². The van der Waals surface area contributed by atoms with Crippen LogP contribution in [0, 0.1) is 6.92 Å². The highest BCUT2D eigenvalue weighted by atomic mass is 32.2. The molecule has 2 aliphatic heterocycles. The van der Waals surface area contributed by atoms with E-state index in [0.717, 1.165) is 28.1 Å². The number of benzene rings is 3. The molecule has 1 saturated heterocycles. The summed E-state index contributed by atoms with van der Waals surface area (Å²) in [5.74, 6) is 0.564. The topological polar surface area (TPSA) is 40.6 Å². The van der Waals surface area contributed by atoms with E-state index in [0.29, 0.717) is 18.7 Å². The van der Waals surface area contributed by atoms with Crippen molar-refractivity contribution in [2.45, 2.75) is 24.8 Å². The number of rotatable bonds is 3. The number of aryl methyl sites for hydroxylation is 1. The molecule has 3 aromatic rings. The Morgan fingerprint density at radius 3 is 2.37 bits per heavy atom. The van der Waals surface area contributed by atoms with Crippen LogP contribution in [0.1, 0.15) is 23.1 Å². The monoisotopic (exact) mass is 414 g/mol. The van der Waals surface area contributed by atoms with E-state index in [9.17, 15) is 9.59 Å². The smallest absolute Gasteiger partial charge is 0.269 e. The van der Waals surface area contributed by atoms with E-state index in [1.54, 1.807) is 16.7 Å². The second-order valence-electron chi connectivity index (χ2n) is 7.70. The zero-order chi connectivity index (χ0) is 20.7. The minimum atomic E-state index is -1.06. The van der Waals surface area contributed by atoms with E-state index in [4.69, 9.17) is 0 Å². The number of amides is 2. The highest BCUT2D eigenvalue weighted by Crippen LogP contribution is 2.54. The van der Waals surface area contributed by atoms with Crippen LogP contribution in [0.15, 0.2) is 78.9 Å². The Kier molecular flexibility index (Phi) is 4.63. The van der Waals surface area contributed by atoms with E-state index in [-0.39, 0.29) is 11.8 Å². The van der Waals surface area contributed by atoms with Crippen LogP contribution in [-0.2, 0) is 21.0 Å². The van der Waals surface area contributed by atoms with Crippen LogP contribution in [-0.4, -0.2) is 17.6 Å². The first-order valence-corrected chi connectivity index (χ1v) is 11.1. The molecule has 150 valence electrons. The molecular weight excluding hydrogens is 392 g/mol. The summed E-state index contributed by atoms with van der Waals surface area (Å²) in [7, 11) is 0. The summed E-state index contributed by atoms with van der Waals surface area (Å²) in [6, 6.07) is 25.7. The molecule has 30 heavy (non-hydrogen) atoms. The highest BCUT2D eigenvalue weighted by Gasteiger charge is 2.58. The average Bonchev–Trinajstić information content (AvgIpc) is 2.99. The van der Waals surface area contributed by atoms with E-state index in [1.807, 2.05) is 90.7 Å². The zero-order valence-corrected chi connectivity index (χ0v) is 17.6. The first-order chi connectivity index (χ1) is 14.6. The molecule has 2 amide bonds. The Hall–Kier alpha value is -3.05. The molecule has 0 aromatic heterocycles. The molecule has 2 aliphatic rings. The van der Waals surface area contributed by atoms with Gasteiger partial charge in [0.25, 0.3) is 5.91 Å². The van der Waals surface area contributed by atoms with Gasteiger partial charge in [0.15, 0.2) is 0 Å². The van der Waals surface area contributed by atoms with Gasteiger partial charge in [-0.25, -0.2) is 0 Å². The van der Waals surface area contributed by atoms with Crippen LogP contribution in [0.2, 0.25) is 0 Å². The summed E-state index contributed by atoms with van der Waals surface area (Å²) in [6.07, 6.45) is 0.425. The zero-order valence-electron chi connectivity index (χ0n) is 16.7. The van der Waals surface area contributed by atoms with Crippen molar-refractivity contribution in [3.63, 3.8) is 0 Å². The quantitative estimate of drug-likeness (QED) is 0.614. The van der Waals surface area contributed by atoms with Crippen LogP contribution in [0.5, 0.6) is 0 Å². The Labute approximate surface area is 180 Å². The molecule has 0 saturated carbocycles. The third-order valence-electron chi connectivity index (χ3n) is 5.76. The number of carbonyl (C=O) groups is 2. The predicted octanol–water partition coefficient (Wildman–Crippen LogP) is 4.86. The van der Waals surface area contributed by atoms with Gasteiger partial charge < -0.3 is 4.90 Å². The summed E-state index contributed by atoms with van der Waals surface area (Å²) in [6.45, 7) is 2.50. The van der Waals surface area contributed by atoms with Crippen molar-refractivity contribution >= 4 is 35.0 Å². The van der Waals surface area contributed by atoms with Gasteiger partial charge in [-0.05, 0) is 30.7 Å². The minimum absolute atomic E-state index is 0.0117. The standard InChI is InChI=1S/C25H22N2O2S/c1-18-11-13-20(14-12-18)27-23(28)15-16-30-25(27)21-9-5-6-10-22(21)26(24(25)29)17-19-7-3-2-4-8-19/h2-14H,15-17H2,1H3/t25-/m0/s1. The van der Waals surface area contributed by atoms with Crippen molar-refractivity contribution in [1.29, 1.82) is 0 Å². The summed E-state index contributed by atoms with van der Waals surface area (Å²) in [4.78, 5) is 29.8. The maximum atomic E-state index is 14.1. The minimum Gasteiger partial charge on any atom is -0.304 e. The SMILES string of the molecule is Cc1ccc(N2C(=O)CCS[C@@]23C(=O)N(Cc2ccccc2)c2ccccc23)cc1. The lowest BCUT2D eigenvalue weighted by molar-refractivity contribution is -0.125. The molecular formula is C25H22N2O2S. The summed E-state index contributed by atoms with van der Waals surface area (Å²) in [5.41, 5.74) is 4.72. The molecule has 0 aliphatic carbocycles. The molecule has 4 nitrogen and oxygen atoms in total. The number of nitrogens with zero attached hydrogens (tertiary/aromatic N) is 2. The van der Waals surface area contributed by atoms with Gasteiger partial charge in [-0.2, -0.15) is 0 Å². The van der Waals surface area contributed by atoms with Crippen molar-refractivity contribution in [3.8, 4) is 0 Å². The van der Waals surface area contributed by atoms with Crippen molar-refractivity contribution in [2.24, 2.45) is 0 Å². The lowest BCUT2D eigenvalue weighted by atomic mass is 10.0. The van der Waals surface area contributed by atoms with Crippen molar-refractivity contribution in [3.05, 3.63) is 95.6 Å². The van der Waals surface area contributed by atoms with Crippen molar-refractivity contribution < 1.29 is 9.59 Å². The number of thioether (sulfide) groups is 1. The van der Waals surface area contributed by atoms with E-state index < -0.39 is 4.87 Å². The van der Waals surface area contributed by atoms with Crippen molar-refractivity contribution in [2.75, 3.05) is 15.6 Å². The molecule has 1 spiro atoms. The van der Waals surface area contributed by atoms with Crippen LogP contribution in [0.3, 0.4) is 0 Å². The van der Waals surface area contributed by atoms with Gasteiger partial charge in [0, 0.05) is 23.4 Å². The number of hydrogen-bond acceptors (Lipinski definition) is 3. The Morgan fingerprint density at radius 2 is 1.60 bits per heavy atom. The number of fused-ring (bicyclic) bond motifs is 2. The first-order valence-electron chi connectivity index (χ1n) is 10.1. The normalized spacial score (nSPS) is 20.7. The van der Waals surface area contributed by atoms with E-state index in [1.165, 1.54) is 0 Å². The number of hydrogen-bond donors (Lipinski definition) is 0. The molecule has 0 bridgehead atoms. The summed E-state index contributed by atoms with van der Waals surface area (Å²) in [5, 5.41) is 0. The predicted molar refractivity (Wildman–Crippen MR) is 121 cm³/mol. The third-order valence-corrected chi connectivity index (χ3v) is 7.16. The first kappa shape index (κ1) is 18.9. The summed E-state index contributed by atoms with van der Waals surface area (Å²) < 4.78 is 0. The molecule has 1 fully saturated rings. The molecule has 0 unspecified atom stereocenters. The van der Waals surface area contributed by atoms with Crippen LogP contribution < -0.4 is 9.80 Å². The van der Waals surface area contributed by atoms with Gasteiger partial charge in [-0.1, -0.05) is 66.2 Å². The summed E-state index contributed by atoms with van der Waals surface area (Å²) >= 11 is 1.56. The van der Waals surface area contributed by atoms with Gasteiger partial charge in [0.05, 0.1) is 12.2 Å². The van der Waals surface area contributed by atoms with Crippen LogP contribution >= 0.6 is 11.8 Å². The van der Waals surface area contributed by atoms with Crippen LogP contribution in [0.4, 0.5) is 11.4 Å². The second-order valence-corrected chi connectivity index (χ2v) is 8.99. The maximum Gasteiger partial charge on any atom is 0.269 e. The number of carbonyl (C=O) groups excluding carboxylic acids is 2. The molecule has 0 radical (unpaired) electrons. The molecule has 5 rings (SSSR count). The fourth-order valence-corrected chi connectivity index (χ4v) is 5.81. The largest absolute Gasteiger partial charge is 0.304 e. The van der Waals surface area contributed by atoms with Crippen LogP contribution in [0.25, 0.3) is 0 Å². The van der Waals surface area contributed by atoms with Gasteiger partial charge in [-0.15, -0.1) is 11.8 Å². The molecule has 1 atom stereocenters. The fraction of sp³-hybridized carbons (Fsp3) is 0.200.